The number of nitrogens with zero attached hydrogens (tertiary/aromatic N) is 3. The van der Waals surface area contributed by atoms with E-state index in [-0.39, 0.29) is 11.4 Å². The van der Waals surface area contributed by atoms with Crippen molar-refractivity contribution in [2.75, 3.05) is 10.6 Å². The van der Waals surface area contributed by atoms with Crippen LogP contribution in [0.4, 0.5) is 10.3 Å². The summed E-state index contributed by atoms with van der Waals surface area (Å²) >= 11 is 2.65. The van der Waals surface area contributed by atoms with Crippen LogP contribution in [0, 0.1) is 0 Å². The fraction of sp³-hybridized carbons (Fsp3) is 0. The zero-order chi connectivity index (χ0) is 23.3. The lowest BCUT2D eigenvalue weighted by atomic mass is 10.2. The molecule has 0 bridgehead atoms. The quantitative estimate of drug-likeness (QED) is 0.317. The summed E-state index contributed by atoms with van der Waals surface area (Å²) < 4.78 is 0. The standard InChI is InChI=1S/C25H17N5O2S2/c31-22(29-24-27-20(14-33-24)16-8-3-1-4-9-16)18-12-7-13-19(26-18)23(32)30-25-28-21(15-34-25)17-10-5-2-6-11-17/h1-15H,(H,27,29,31)(H,28,30,32). The summed E-state index contributed by atoms with van der Waals surface area (Å²) in [5, 5.41) is 10.2. The molecule has 0 unspecified atom stereocenters. The van der Waals surface area contributed by atoms with Crippen LogP contribution in [0.15, 0.2) is 89.6 Å². The third-order valence-corrected chi connectivity index (χ3v) is 6.32. The molecule has 3 aromatic heterocycles. The number of thiazole rings is 2. The lowest BCUT2D eigenvalue weighted by Crippen LogP contribution is -2.18. The number of hydrogen-bond acceptors (Lipinski definition) is 7. The van der Waals surface area contributed by atoms with Crippen LogP contribution in [0.3, 0.4) is 0 Å². The molecule has 3 heterocycles. The number of aromatic nitrogens is 3. The van der Waals surface area contributed by atoms with Gasteiger partial charge in [0, 0.05) is 21.9 Å². The number of amides is 2. The van der Waals surface area contributed by atoms with Gasteiger partial charge in [0.1, 0.15) is 11.4 Å². The topological polar surface area (TPSA) is 96.9 Å². The Balaban J connectivity index is 1.26. The Morgan fingerprint density at radius 1 is 0.559 bits per heavy atom. The van der Waals surface area contributed by atoms with Crippen molar-refractivity contribution in [3.8, 4) is 22.5 Å². The Morgan fingerprint density at radius 2 is 1.00 bits per heavy atom. The van der Waals surface area contributed by atoms with Gasteiger partial charge in [0.25, 0.3) is 11.8 Å². The summed E-state index contributed by atoms with van der Waals surface area (Å²) in [5.74, 6) is -0.881. The van der Waals surface area contributed by atoms with E-state index in [4.69, 9.17) is 0 Å². The maximum absolute atomic E-state index is 12.7. The minimum Gasteiger partial charge on any atom is -0.296 e. The zero-order valence-corrected chi connectivity index (χ0v) is 19.3. The van der Waals surface area contributed by atoms with E-state index in [1.54, 1.807) is 18.2 Å². The van der Waals surface area contributed by atoms with Gasteiger partial charge in [-0.05, 0) is 12.1 Å². The second-order valence-corrected chi connectivity index (χ2v) is 8.84. The van der Waals surface area contributed by atoms with Gasteiger partial charge in [0.15, 0.2) is 10.3 Å². The van der Waals surface area contributed by atoms with Crippen LogP contribution in [0.5, 0.6) is 0 Å². The highest BCUT2D eigenvalue weighted by molar-refractivity contribution is 7.14. The van der Waals surface area contributed by atoms with Crippen LogP contribution in [0.1, 0.15) is 21.0 Å². The molecule has 0 spiro atoms. The summed E-state index contributed by atoms with van der Waals surface area (Å²) in [5.41, 5.74) is 3.73. The molecule has 0 radical (unpaired) electrons. The molecule has 5 aromatic rings. The maximum atomic E-state index is 12.7. The second kappa shape index (κ2) is 9.74. The third kappa shape index (κ3) is 4.90. The molecule has 34 heavy (non-hydrogen) atoms. The summed E-state index contributed by atoms with van der Waals surface area (Å²) in [7, 11) is 0. The smallest absolute Gasteiger partial charge is 0.276 e. The first kappa shape index (κ1) is 21.6. The number of anilines is 2. The van der Waals surface area contributed by atoms with Gasteiger partial charge in [-0.25, -0.2) is 15.0 Å². The number of rotatable bonds is 6. The first-order valence-corrected chi connectivity index (χ1v) is 12.0. The number of hydrogen-bond donors (Lipinski definition) is 2. The van der Waals surface area contributed by atoms with E-state index in [1.165, 1.54) is 22.7 Å². The van der Waals surface area contributed by atoms with Crippen molar-refractivity contribution in [1.82, 2.24) is 15.0 Å². The van der Waals surface area contributed by atoms with Crippen molar-refractivity contribution in [2.24, 2.45) is 0 Å². The van der Waals surface area contributed by atoms with E-state index in [1.807, 2.05) is 71.4 Å². The molecule has 0 aliphatic carbocycles. The fourth-order valence-corrected chi connectivity index (χ4v) is 4.58. The molecular weight excluding hydrogens is 466 g/mol. The van der Waals surface area contributed by atoms with E-state index in [2.05, 4.69) is 25.6 Å². The Labute approximate surface area is 203 Å². The van der Waals surface area contributed by atoms with Crippen molar-refractivity contribution in [3.05, 3.63) is 101 Å². The molecule has 0 saturated carbocycles. The van der Waals surface area contributed by atoms with E-state index in [0.717, 1.165) is 22.5 Å². The van der Waals surface area contributed by atoms with Gasteiger partial charge in [-0.2, -0.15) is 0 Å². The zero-order valence-electron chi connectivity index (χ0n) is 17.6. The Bertz CT molecular complexity index is 1340. The first-order chi connectivity index (χ1) is 16.7. The van der Waals surface area contributed by atoms with Crippen LogP contribution in [-0.2, 0) is 0 Å². The van der Waals surface area contributed by atoms with E-state index in [9.17, 15) is 9.59 Å². The molecule has 9 heteroatoms. The number of carbonyl (C=O) groups is 2. The Kier molecular flexibility index (Phi) is 6.19. The number of carbonyl (C=O) groups excluding carboxylic acids is 2. The van der Waals surface area contributed by atoms with E-state index in [0.29, 0.717) is 10.3 Å². The minimum atomic E-state index is -0.441. The maximum Gasteiger partial charge on any atom is 0.276 e. The summed E-state index contributed by atoms with van der Waals surface area (Å²) in [6.45, 7) is 0. The van der Waals surface area contributed by atoms with Gasteiger partial charge >= 0.3 is 0 Å². The predicted molar refractivity (Wildman–Crippen MR) is 135 cm³/mol. The van der Waals surface area contributed by atoms with E-state index < -0.39 is 11.8 Å². The SMILES string of the molecule is O=C(Nc1nc(-c2ccccc2)cs1)c1cccc(C(=O)Nc2nc(-c3ccccc3)cs2)n1. The van der Waals surface area contributed by atoms with Crippen molar-refractivity contribution in [3.63, 3.8) is 0 Å². The molecule has 0 aliphatic heterocycles. The summed E-state index contributed by atoms with van der Waals surface area (Å²) in [6.07, 6.45) is 0. The highest BCUT2D eigenvalue weighted by Gasteiger charge is 2.16. The van der Waals surface area contributed by atoms with Gasteiger partial charge in [-0.3, -0.25) is 20.2 Å². The highest BCUT2D eigenvalue weighted by Crippen LogP contribution is 2.26. The van der Waals surface area contributed by atoms with Crippen LogP contribution in [0.25, 0.3) is 22.5 Å². The average Bonchev–Trinajstić information content (AvgIpc) is 3.55. The first-order valence-electron chi connectivity index (χ1n) is 10.3. The van der Waals surface area contributed by atoms with Crippen molar-refractivity contribution >= 4 is 44.8 Å². The van der Waals surface area contributed by atoms with E-state index >= 15 is 0 Å². The monoisotopic (exact) mass is 483 g/mol. The van der Waals surface area contributed by atoms with Gasteiger partial charge in [0.05, 0.1) is 11.4 Å². The van der Waals surface area contributed by atoms with Crippen LogP contribution in [0.2, 0.25) is 0 Å². The number of pyridine rings is 1. The summed E-state index contributed by atoms with van der Waals surface area (Å²) in [6, 6.07) is 24.1. The van der Waals surface area contributed by atoms with Crippen LogP contribution >= 0.6 is 22.7 Å². The molecule has 2 aromatic carbocycles. The lowest BCUT2D eigenvalue weighted by molar-refractivity contribution is 0.101. The van der Waals surface area contributed by atoms with Crippen LogP contribution in [-0.4, -0.2) is 26.8 Å². The number of nitrogens with one attached hydrogen (secondary N) is 2. The van der Waals surface area contributed by atoms with Gasteiger partial charge in [-0.15, -0.1) is 22.7 Å². The van der Waals surface area contributed by atoms with Crippen molar-refractivity contribution in [1.29, 1.82) is 0 Å². The molecule has 0 saturated heterocycles. The molecule has 2 amide bonds. The van der Waals surface area contributed by atoms with Crippen LogP contribution < -0.4 is 10.6 Å². The minimum absolute atomic E-state index is 0.119. The second-order valence-electron chi connectivity index (χ2n) is 7.12. The largest absolute Gasteiger partial charge is 0.296 e. The Morgan fingerprint density at radius 3 is 1.44 bits per heavy atom. The molecule has 5 rings (SSSR count). The molecule has 0 aliphatic rings. The molecule has 166 valence electrons. The highest BCUT2D eigenvalue weighted by atomic mass is 32.1. The average molecular weight is 484 g/mol. The third-order valence-electron chi connectivity index (χ3n) is 4.80. The van der Waals surface area contributed by atoms with Gasteiger partial charge in [0.2, 0.25) is 0 Å². The number of benzene rings is 2. The van der Waals surface area contributed by atoms with Gasteiger partial charge in [-0.1, -0.05) is 66.7 Å². The predicted octanol–water partition coefficient (Wildman–Crippen LogP) is 5.83. The summed E-state index contributed by atoms with van der Waals surface area (Å²) in [4.78, 5) is 38.6. The molecule has 0 atom stereocenters. The van der Waals surface area contributed by atoms with Crippen molar-refractivity contribution in [2.45, 2.75) is 0 Å². The normalized spacial score (nSPS) is 10.6. The lowest BCUT2D eigenvalue weighted by Gasteiger charge is -2.04. The molecule has 2 N–H and O–H groups in total. The molecule has 7 nitrogen and oxygen atoms in total. The Hall–Kier alpha value is -4.21. The molecule has 0 fully saturated rings. The molecular formula is C25H17N5O2S2. The van der Waals surface area contributed by atoms with Gasteiger partial charge < -0.3 is 0 Å². The van der Waals surface area contributed by atoms with Crippen molar-refractivity contribution < 1.29 is 9.59 Å². The fourth-order valence-electron chi connectivity index (χ4n) is 3.16.